The summed E-state index contributed by atoms with van der Waals surface area (Å²) < 4.78 is 0. The van der Waals surface area contributed by atoms with Gasteiger partial charge in [0.25, 0.3) is 0 Å². The normalized spacial score (nSPS) is 8.86. The molecule has 7 heavy (non-hydrogen) atoms. The molecule has 0 aliphatic carbocycles. The first-order chi connectivity index (χ1) is 3.31. The highest BCUT2D eigenvalue weighted by Crippen LogP contribution is 2.01. The Morgan fingerprint density at radius 2 is 2.29 bits per heavy atom. The van der Waals surface area contributed by atoms with Crippen LogP contribution in [-0.2, 0) is 0 Å². The third-order valence-corrected chi connectivity index (χ3v) is 1.62. The molecule has 0 aliphatic rings. The van der Waals surface area contributed by atoms with Gasteiger partial charge in [0.15, 0.2) is 0 Å². The summed E-state index contributed by atoms with van der Waals surface area (Å²) in [7, 11) is 0. The second-order valence-electron chi connectivity index (χ2n) is 1.32. The molecule has 0 rings (SSSR count). The van der Waals surface area contributed by atoms with Gasteiger partial charge in [-0.3, -0.25) is 0 Å². The molecule has 0 aromatic carbocycles. The predicted molar refractivity (Wildman–Crippen MR) is 38.3 cm³/mol. The van der Waals surface area contributed by atoms with Crippen molar-refractivity contribution in [1.82, 2.24) is 0 Å². The largest absolute Gasteiger partial charge is 0.126 e. The first-order valence-electron chi connectivity index (χ1n) is 2.10. The van der Waals surface area contributed by atoms with Crippen LogP contribution >= 0.6 is 27.5 Å². The lowest BCUT2D eigenvalue weighted by Crippen LogP contribution is -1.81. The second kappa shape index (κ2) is 4.66. The van der Waals surface area contributed by atoms with Crippen molar-refractivity contribution >= 4 is 27.5 Å². The van der Waals surface area contributed by atoms with Gasteiger partial charge in [0, 0.05) is 11.2 Å². The number of alkyl halides is 2. The van der Waals surface area contributed by atoms with Crippen molar-refractivity contribution in [2.75, 3.05) is 11.2 Å². The number of allylic oxidation sites excluding steroid dienone is 1. The Bertz CT molecular complexity index is 61.1. The van der Waals surface area contributed by atoms with Crippen molar-refractivity contribution < 1.29 is 0 Å². The fourth-order valence-electron chi connectivity index (χ4n) is 0.200. The van der Waals surface area contributed by atoms with Crippen LogP contribution in [0.1, 0.15) is 6.42 Å². The topological polar surface area (TPSA) is 0 Å². The second-order valence-corrected chi connectivity index (χ2v) is 2.26. The molecular formula is C5H8BrCl. The summed E-state index contributed by atoms with van der Waals surface area (Å²) in [4.78, 5) is 0. The number of rotatable bonds is 3. The predicted octanol–water partition coefficient (Wildman–Crippen LogP) is 2.57. The Kier molecular flexibility index (Phi) is 5.00. The average molecular weight is 183 g/mol. The Morgan fingerprint density at radius 3 is 2.43 bits per heavy atom. The molecule has 0 radical (unpaired) electrons. The SMILES string of the molecule is C=C(CBr)CCCl. The Hall–Kier alpha value is 0.510. The zero-order chi connectivity index (χ0) is 5.70. The van der Waals surface area contributed by atoms with Crippen molar-refractivity contribution in [2.24, 2.45) is 0 Å². The van der Waals surface area contributed by atoms with Crippen molar-refractivity contribution in [2.45, 2.75) is 6.42 Å². The molecule has 42 valence electrons. The van der Waals surface area contributed by atoms with E-state index >= 15 is 0 Å². The maximum atomic E-state index is 5.39. The van der Waals surface area contributed by atoms with Gasteiger partial charge in [-0.15, -0.1) is 11.6 Å². The van der Waals surface area contributed by atoms with E-state index in [1.807, 2.05) is 0 Å². The van der Waals surface area contributed by atoms with E-state index in [9.17, 15) is 0 Å². The molecule has 0 aromatic heterocycles. The number of hydrogen-bond donors (Lipinski definition) is 0. The highest BCUT2D eigenvalue weighted by atomic mass is 79.9. The quantitative estimate of drug-likeness (QED) is 0.466. The minimum absolute atomic E-state index is 0.685. The van der Waals surface area contributed by atoms with E-state index < -0.39 is 0 Å². The van der Waals surface area contributed by atoms with E-state index in [4.69, 9.17) is 11.6 Å². The van der Waals surface area contributed by atoms with Crippen molar-refractivity contribution in [3.63, 3.8) is 0 Å². The summed E-state index contributed by atoms with van der Waals surface area (Å²) in [6.07, 6.45) is 0.923. The van der Waals surface area contributed by atoms with Crippen LogP contribution in [0.4, 0.5) is 0 Å². The van der Waals surface area contributed by atoms with E-state index in [-0.39, 0.29) is 0 Å². The molecule has 0 bridgehead atoms. The highest BCUT2D eigenvalue weighted by molar-refractivity contribution is 9.09. The lowest BCUT2D eigenvalue weighted by Gasteiger charge is -1.91. The summed E-state index contributed by atoms with van der Waals surface area (Å²) >= 11 is 8.65. The zero-order valence-electron chi connectivity index (χ0n) is 4.08. The molecule has 0 heterocycles. The van der Waals surface area contributed by atoms with Crippen molar-refractivity contribution in [1.29, 1.82) is 0 Å². The standard InChI is InChI=1S/C5H8BrCl/c1-5(4-6)2-3-7/h1-4H2. The maximum absolute atomic E-state index is 5.39. The smallest absolute Gasteiger partial charge is 0.0260 e. The van der Waals surface area contributed by atoms with Gasteiger partial charge in [-0.2, -0.15) is 0 Å². The van der Waals surface area contributed by atoms with Crippen LogP contribution in [0.15, 0.2) is 12.2 Å². The van der Waals surface area contributed by atoms with Crippen LogP contribution in [0, 0.1) is 0 Å². The lowest BCUT2D eigenvalue weighted by atomic mass is 10.3. The van der Waals surface area contributed by atoms with E-state index in [1.54, 1.807) is 0 Å². The lowest BCUT2D eigenvalue weighted by molar-refractivity contribution is 1.13. The van der Waals surface area contributed by atoms with Crippen LogP contribution in [0.5, 0.6) is 0 Å². The molecule has 0 amide bonds. The van der Waals surface area contributed by atoms with Crippen LogP contribution < -0.4 is 0 Å². The van der Waals surface area contributed by atoms with Crippen LogP contribution in [0.2, 0.25) is 0 Å². The van der Waals surface area contributed by atoms with Gasteiger partial charge in [-0.1, -0.05) is 28.1 Å². The molecule has 0 aromatic rings. The minimum atomic E-state index is 0.685. The Morgan fingerprint density at radius 1 is 1.71 bits per heavy atom. The van der Waals surface area contributed by atoms with Crippen LogP contribution in [0.25, 0.3) is 0 Å². The molecule has 0 unspecified atom stereocenters. The highest BCUT2D eigenvalue weighted by Gasteiger charge is 1.85. The molecular weight excluding hydrogens is 175 g/mol. The van der Waals surface area contributed by atoms with Gasteiger partial charge >= 0.3 is 0 Å². The summed E-state index contributed by atoms with van der Waals surface area (Å²) in [5.74, 6) is 0.685. The summed E-state index contributed by atoms with van der Waals surface area (Å²) in [6, 6.07) is 0. The summed E-state index contributed by atoms with van der Waals surface area (Å²) in [5, 5.41) is 0.875. The molecule has 0 atom stereocenters. The van der Waals surface area contributed by atoms with Gasteiger partial charge in [-0.05, 0) is 6.42 Å². The molecule has 0 saturated carbocycles. The van der Waals surface area contributed by atoms with Gasteiger partial charge in [0.1, 0.15) is 0 Å². The molecule has 0 fully saturated rings. The summed E-state index contributed by atoms with van der Waals surface area (Å²) in [5.41, 5.74) is 1.16. The van der Waals surface area contributed by atoms with Crippen molar-refractivity contribution in [3.8, 4) is 0 Å². The van der Waals surface area contributed by atoms with Gasteiger partial charge < -0.3 is 0 Å². The minimum Gasteiger partial charge on any atom is -0.126 e. The maximum Gasteiger partial charge on any atom is 0.0260 e. The van der Waals surface area contributed by atoms with E-state index in [0.717, 1.165) is 17.3 Å². The van der Waals surface area contributed by atoms with Crippen LogP contribution in [-0.4, -0.2) is 11.2 Å². The van der Waals surface area contributed by atoms with Crippen LogP contribution in [0.3, 0.4) is 0 Å². The third-order valence-electron chi connectivity index (χ3n) is 0.637. The molecule has 0 N–H and O–H groups in total. The molecule has 0 saturated heterocycles. The first-order valence-corrected chi connectivity index (χ1v) is 3.75. The Labute approximate surface area is 57.7 Å². The van der Waals surface area contributed by atoms with E-state index in [0.29, 0.717) is 5.88 Å². The van der Waals surface area contributed by atoms with E-state index in [1.165, 1.54) is 0 Å². The molecule has 0 spiro atoms. The fourth-order valence-corrected chi connectivity index (χ4v) is 0.748. The van der Waals surface area contributed by atoms with Gasteiger partial charge in [0.05, 0.1) is 0 Å². The average Bonchev–Trinajstić information content (AvgIpc) is 1.68. The third kappa shape index (κ3) is 4.36. The van der Waals surface area contributed by atoms with Gasteiger partial charge in [-0.25, -0.2) is 0 Å². The first kappa shape index (κ1) is 7.51. The molecule has 0 nitrogen and oxygen atoms in total. The number of halogens is 2. The molecule has 2 heteroatoms. The molecule has 0 aliphatic heterocycles. The number of hydrogen-bond acceptors (Lipinski definition) is 0. The van der Waals surface area contributed by atoms with Gasteiger partial charge in [0.2, 0.25) is 0 Å². The van der Waals surface area contributed by atoms with E-state index in [2.05, 4.69) is 22.5 Å². The monoisotopic (exact) mass is 182 g/mol. The summed E-state index contributed by atoms with van der Waals surface area (Å²) in [6.45, 7) is 3.73. The zero-order valence-corrected chi connectivity index (χ0v) is 6.43. The fraction of sp³-hybridized carbons (Fsp3) is 0.600. The van der Waals surface area contributed by atoms with Crippen molar-refractivity contribution in [3.05, 3.63) is 12.2 Å². The Balaban J connectivity index is 3.00.